The zero-order valence-electron chi connectivity index (χ0n) is 11.5. The summed E-state index contributed by atoms with van der Waals surface area (Å²) in [5, 5.41) is 6.10. The van der Waals surface area contributed by atoms with Crippen molar-refractivity contribution in [1.82, 2.24) is 5.32 Å². The first-order chi connectivity index (χ1) is 8.54. The van der Waals surface area contributed by atoms with E-state index in [1.807, 2.05) is 38.1 Å². The lowest BCUT2D eigenvalue weighted by Gasteiger charge is -2.18. The molecule has 1 amide bonds. The number of nitrogens with one attached hydrogen (secondary N) is 2. The molecule has 1 aromatic carbocycles. The van der Waals surface area contributed by atoms with Crippen molar-refractivity contribution in [2.45, 2.75) is 39.8 Å². The van der Waals surface area contributed by atoms with Crippen molar-refractivity contribution in [2.75, 3.05) is 11.9 Å². The maximum atomic E-state index is 11.6. The van der Waals surface area contributed by atoms with Crippen LogP contribution in [0, 0.1) is 0 Å². The van der Waals surface area contributed by atoms with Crippen LogP contribution in [0.1, 0.15) is 39.3 Å². The highest BCUT2D eigenvalue weighted by Gasteiger charge is 2.12. The molecule has 0 aliphatic carbocycles. The number of ether oxygens (including phenoxy) is 1. The van der Waals surface area contributed by atoms with Gasteiger partial charge in [-0.2, -0.15) is 0 Å². The normalized spacial score (nSPS) is 12.3. The molecule has 0 saturated heterocycles. The summed E-state index contributed by atoms with van der Waals surface area (Å²) in [5.74, 6) is 0. The fourth-order valence-electron chi connectivity index (χ4n) is 1.76. The second-order valence-electron chi connectivity index (χ2n) is 4.45. The molecule has 18 heavy (non-hydrogen) atoms. The molecule has 0 saturated carbocycles. The third-order valence-corrected chi connectivity index (χ3v) is 2.52. The van der Waals surface area contributed by atoms with Gasteiger partial charge in [0.1, 0.15) is 0 Å². The monoisotopic (exact) mass is 250 g/mol. The Labute approximate surface area is 109 Å². The lowest BCUT2D eigenvalue weighted by atomic mass is 10.1. The molecule has 0 aromatic heterocycles. The van der Waals surface area contributed by atoms with Gasteiger partial charge in [0, 0.05) is 11.7 Å². The number of benzene rings is 1. The Morgan fingerprint density at radius 3 is 2.56 bits per heavy atom. The fourth-order valence-corrected chi connectivity index (χ4v) is 1.76. The molecule has 2 N–H and O–H groups in total. The molecular weight excluding hydrogens is 228 g/mol. The molecule has 0 bridgehead atoms. The first-order valence-corrected chi connectivity index (χ1v) is 6.34. The summed E-state index contributed by atoms with van der Waals surface area (Å²) < 4.78 is 5.08. The predicted octanol–water partition coefficient (Wildman–Crippen LogP) is 3.31. The van der Waals surface area contributed by atoms with E-state index in [2.05, 4.69) is 24.5 Å². The fraction of sp³-hybridized carbons (Fsp3) is 0.500. The Hall–Kier alpha value is -1.55. The zero-order valence-corrected chi connectivity index (χ0v) is 11.5. The third-order valence-electron chi connectivity index (χ3n) is 2.52. The molecule has 0 radical (unpaired) electrons. The average molecular weight is 250 g/mol. The van der Waals surface area contributed by atoms with Crippen molar-refractivity contribution in [1.29, 1.82) is 0 Å². The molecule has 0 aliphatic rings. The van der Waals surface area contributed by atoms with E-state index in [0.29, 0.717) is 0 Å². The quantitative estimate of drug-likeness (QED) is 0.843. The molecule has 4 heteroatoms. The number of hydrogen-bond donors (Lipinski definition) is 2. The molecule has 1 unspecified atom stereocenters. The minimum atomic E-state index is -0.416. The molecule has 0 aliphatic heterocycles. The number of amides is 1. The summed E-state index contributed by atoms with van der Waals surface area (Å²) in [6, 6.07) is 7.92. The van der Waals surface area contributed by atoms with Gasteiger partial charge in [-0.15, -0.1) is 0 Å². The summed E-state index contributed by atoms with van der Waals surface area (Å²) in [7, 11) is 0. The first kappa shape index (κ1) is 14.5. The highest BCUT2D eigenvalue weighted by atomic mass is 16.6. The van der Waals surface area contributed by atoms with Gasteiger partial charge in [0.25, 0.3) is 0 Å². The lowest BCUT2D eigenvalue weighted by molar-refractivity contribution is 0.130. The van der Waals surface area contributed by atoms with Crippen molar-refractivity contribution < 1.29 is 9.53 Å². The van der Waals surface area contributed by atoms with Gasteiger partial charge < -0.3 is 10.1 Å². The Balaban J connectivity index is 2.79. The SMILES string of the molecule is CCNC(C)c1ccccc1NC(=O)OC(C)C. The van der Waals surface area contributed by atoms with E-state index in [1.54, 1.807) is 0 Å². The van der Waals surface area contributed by atoms with E-state index in [1.165, 1.54) is 0 Å². The van der Waals surface area contributed by atoms with Gasteiger partial charge in [-0.3, -0.25) is 5.32 Å². The van der Waals surface area contributed by atoms with Crippen LogP contribution in [0.4, 0.5) is 10.5 Å². The number of para-hydroxylation sites is 1. The van der Waals surface area contributed by atoms with Gasteiger partial charge >= 0.3 is 6.09 Å². The molecule has 1 aromatic rings. The summed E-state index contributed by atoms with van der Waals surface area (Å²) >= 11 is 0. The second kappa shape index (κ2) is 7.01. The van der Waals surface area contributed by atoms with Crippen LogP contribution in [0.2, 0.25) is 0 Å². The van der Waals surface area contributed by atoms with E-state index in [-0.39, 0.29) is 12.1 Å². The van der Waals surface area contributed by atoms with Crippen molar-refractivity contribution in [3.63, 3.8) is 0 Å². The van der Waals surface area contributed by atoms with Crippen LogP contribution in [0.3, 0.4) is 0 Å². The molecule has 1 rings (SSSR count). The van der Waals surface area contributed by atoms with Crippen LogP contribution < -0.4 is 10.6 Å². The van der Waals surface area contributed by atoms with Gasteiger partial charge in [-0.1, -0.05) is 25.1 Å². The van der Waals surface area contributed by atoms with Crippen LogP contribution in [0.5, 0.6) is 0 Å². The van der Waals surface area contributed by atoms with Gasteiger partial charge in [0.05, 0.1) is 6.10 Å². The van der Waals surface area contributed by atoms with E-state index < -0.39 is 6.09 Å². The maximum Gasteiger partial charge on any atom is 0.411 e. The molecule has 0 fully saturated rings. The Morgan fingerprint density at radius 2 is 1.94 bits per heavy atom. The largest absolute Gasteiger partial charge is 0.447 e. The van der Waals surface area contributed by atoms with E-state index in [4.69, 9.17) is 4.74 Å². The van der Waals surface area contributed by atoms with Gasteiger partial charge in [-0.25, -0.2) is 4.79 Å². The van der Waals surface area contributed by atoms with E-state index in [9.17, 15) is 4.79 Å². The van der Waals surface area contributed by atoms with Gasteiger partial charge in [-0.05, 0) is 38.9 Å². The predicted molar refractivity (Wildman–Crippen MR) is 73.8 cm³/mol. The highest BCUT2D eigenvalue weighted by Crippen LogP contribution is 2.22. The van der Waals surface area contributed by atoms with Crippen molar-refractivity contribution in [2.24, 2.45) is 0 Å². The molecule has 1 atom stereocenters. The van der Waals surface area contributed by atoms with Crippen LogP contribution >= 0.6 is 0 Å². The molecule has 4 nitrogen and oxygen atoms in total. The summed E-state index contributed by atoms with van der Waals surface area (Å²) in [4.78, 5) is 11.6. The van der Waals surface area contributed by atoms with Crippen molar-refractivity contribution in [3.05, 3.63) is 29.8 Å². The van der Waals surface area contributed by atoms with Crippen LogP contribution in [0.15, 0.2) is 24.3 Å². The number of rotatable bonds is 5. The third kappa shape index (κ3) is 4.37. The van der Waals surface area contributed by atoms with Crippen molar-refractivity contribution in [3.8, 4) is 0 Å². The molecular formula is C14H22N2O2. The number of carbonyl (C=O) groups is 1. The standard InChI is InChI=1S/C14H22N2O2/c1-5-15-11(4)12-8-6-7-9-13(12)16-14(17)18-10(2)3/h6-11,15H,5H2,1-4H3,(H,16,17). The molecule has 0 heterocycles. The minimum Gasteiger partial charge on any atom is -0.447 e. The van der Waals surface area contributed by atoms with Gasteiger partial charge in [0.2, 0.25) is 0 Å². The second-order valence-corrected chi connectivity index (χ2v) is 4.45. The summed E-state index contributed by atoms with van der Waals surface area (Å²) in [5.41, 5.74) is 1.84. The number of anilines is 1. The Morgan fingerprint density at radius 1 is 1.28 bits per heavy atom. The van der Waals surface area contributed by atoms with E-state index >= 15 is 0 Å². The van der Waals surface area contributed by atoms with E-state index in [0.717, 1.165) is 17.8 Å². The topological polar surface area (TPSA) is 50.4 Å². The lowest BCUT2D eigenvalue weighted by Crippen LogP contribution is -2.22. The smallest absolute Gasteiger partial charge is 0.411 e. The first-order valence-electron chi connectivity index (χ1n) is 6.34. The van der Waals surface area contributed by atoms with Crippen molar-refractivity contribution >= 4 is 11.8 Å². The summed E-state index contributed by atoms with van der Waals surface area (Å²) in [6.07, 6.45) is -0.537. The van der Waals surface area contributed by atoms with Gasteiger partial charge in [0.15, 0.2) is 0 Å². The number of carbonyl (C=O) groups excluding carboxylic acids is 1. The summed E-state index contributed by atoms with van der Waals surface area (Å²) in [6.45, 7) is 8.66. The maximum absolute atomic E-state index is 11.6. The molecule has 0 spiro atoms. The Bertz CT molecular complexity index is 391. The molecule has 100 valence electrons. The minimum absolute atomic E-state index is 0.122. The van der Waals surface area contributed by atoms with Crippen LogP contribution in [-0.4, -0.2) is 18.7 Å². The average Bonchev–Trinajstić information content (AvgIpc) is 2.28. The Kier molecular flexibility index (Phi) is 5.65. The van der Waals surface area contributed by atoms with Crippen LogP contribution in [0.25, 0.3) is 0 Å². The zero-order chi connectivity index (χ0) is 13.5. The number of hydrogen-bond acceptors (Lipinski definition) is 3. The highest BCUT2D eigenvalue weighted by molar-refractivity contribution is 5.85. The van der Waals surface area contributed by atoms with Crippen LogP contribution in [-0.2, 0) is 4.74 Å².